The number of carbonyl (C=O) groups excluding carboxylic acids is 1. The molecule has 192 valence electrons. The van der Waals surface area contributed by atoms with E-state index in [0.29, 0.717) is 18.7 Å². The molecule has 0 aliphatic carbocycles. The van der Waals surface area contributed by atoms with E-state index >= 15 is 0 Å². The number of aryl methyl sites for hydroxylation is 1. The van der Waals surface area contributed by atoms with Crippen molar-refractivity contribution in [1.82, 2.24) is 19.0 Å². The summed E-state index contributed by atoms with van der Waals surface area (Å²) in [6, 6.07) is 4.95. The zero-order valence-corrected chi connectivity index (χ0v) is 19.7. The Labute approximate surface area is 203 Å². The fourth-order valence-corrected chi connectivity index (χ4v) is 4.06. The maximum absolute atomic E-state index is 13.7. The highest BCUT2D eigenvalue weighted by Gasteiger charge is 2.52. The minimum Gasteiger partial charge on any atom is -0.491 e. The number of alkyl halides is 3. The quantitative estimate of drug-likeness (QED) is 0.517. The van der Waals surface area contributed by atoms with Gasteiger partial charge in [-0.2, -0.15) is 13.2 Å². The number of nitrogens with zero attached hydrogens (tertiary/aromatic N) is 4. The zero-order valence-electron chi connectivity index (χ0n) is 19.7. The van der Waals surface area contributed by atoms with Crippen molar-refractivity contribution in [3.05, 3.63) is 76.0 Å². The molecule has 36 heavy (non-hydrogen) atoms. The van der Waals surface area contributed by atoms with Crippen LogP contribution in [0.15, 0.2) is 47.7 Å². The van der Waals surface area contributed by atoms with Gasteiger partial charge in [-0.05, 0) is 51.1 Å². The number of imidazole rings is 1. The fourth-order valence-electron chi connectivity index (χ4n) is 4.06. The van der Waals surface area contributed by atoms with E-state index < -0.39 is 35.1 Å². The Balaban J connectivity index is 1.53. The molecule has 1 N–H and O–H groups in total. The maximum atomic E-state index is 13.7. The topological polar surface area (TPSA) is 89.6 Å². The summed E-state index contributed by atoms with van der Waals surface area (Å²) in [5, 5.41) is 10.1. The zero-order chi connectivity index (χ0) is 26.4. The molecule has 0 bridgehead atoms. The Bertz CT molecular complexity index is 1360. The number of fused-ring (bicyclic) bond motifs is 1. The number of amides is 1. The molecule has 1 aromatic carbocycles. The van der Waals surface area contributed by atoms with Gasteiger partial charge in [0.15, 0.2) is 5.60 Å². The molecule has 1 aliphatic rings. The molecule has 1 amide bonds. The van der Waals surface area contributed by atoms with Gasteiger partial charge in [-0.3, -0.25) is 9.59 Å². The summed E-state index contributed by atoms with van der Waals surface area (Å²) in [4.78, 5) is 31.7. The lowest BCUT2D eigenvalue weighted by Gasteiger charge is -2.34. The molecule has 2 atom stereocenters. The Morgan fingerprint density at radius 1 is 1.17 bits per heavy atom. The van der Waals surface area contributed by atoms with Crippen LogP contribution in [-0.2, 0) is 12.1 Å². The first-order valence-corrected chi connectivity index (χ1v) is 11.1. The summed E-state index contributed by atoms with van der Waals surface area (Å²) in [6.45, 7) is 4.08. The van der Waals surface area contributed by atoms with Crippen LogP contribution in [0.25, 0.3) is 5.69 Å². The third-order valence-electron chi connectivity index (χ3n) is 6.22. The molecular weight excluding hydrogens is 484 g/mol. The largest absolute Gasteiger partial charge is 0.491 e. The van der Waals surface area contributed by atoms with E-state index in [9.17, 15) is 32.3 Å². The monoisotopic (exact) mass is 508 g/mol. The van der Waals surface area contributed by atoms with Crippen molar-refractivity contribution >= 4 is 5.91 Å². The van der Waals surface area contributed by atoms with Crippen molar-refractivity contribution < 1.29 is 32.2 Å². The first-order valence-electron chi connectivity index (χ1n) is 11.1. The van der Waals surface area contributed by atoms with E-state index in [1.165, 1.54) is 27.9 Å². The lowest BCUT2D eigenvalue weighted by Crippen LogP contribution is -2.50. The molecule has 4 rings (SSSR count). The van der Waals surface area contributed by atoms with Gasteiger partial charge < -0.3 is 23.9 Å². The second-order valence-electron chi connectivity index (χ2n) is 8.85. The summed E-state index contributed by atoms with van der Waals surface area (Å²) < 4.78 is 62.3. The number of hydrogen-bond donors (Lipinski definition) is 1. The van der Waals surface area contributed by atoms with E-state index in [1.807, 2.05) is 0 Å². The SMILES string of the molecule is Cc1cn(-c2ccc3n(c2=O)CCN([C@@H](C)COc2ccc(F)cc2C(C)(O)C(F)(F)F)C3=O)cn1. The third kappa shape index (κ3) is 4.48. The lowest BCUT2D eigenvalue weighted by molar-refractivity contribution is -0.259. The van der Waals surface area contributed by atoms with Crippen LogP contribution in [0.2, 0.25) is 0 Å². The number of ether oxygens (including phenoxy) is 1. The summed E-state index contributed by atoms with van der Waals surface area (Å²) in [5.74, 6) is -1.76. The number of carbonyl (C=O) groups is 1. The molecule has 0 radical (unpaired) electrons. The average molecular weight is 508 g/mol. The smallest absolute Gasteiger partial charge is 0.421 e. The number of aromatic nitrogens is 3. The van der Waals surface area contributed by atoms with Gasteiger partial charge in [0.2, 0.25) is 0 Å². The van der Waals surface area contributed by atoms with Gasteiger partial charge in [-0.15, -0.1) is 0 Å². The van der Waals surface area contributed by atoms with Crippen molar-refractivity contribution in [2.75, 3.05) is 13.2 Å². The van der Waals surface area contributed by atoms with E-state index in [-0.39, 0.29) is 36.7 Å². The van der Waals surface area contributed by atoms with Gasteiger partial charge in [-0.1, -0.05) is 0 Å². The molecule has 0 saturated carbocycles. The second-order valence-corrected chi connectivity index (χ2v) is 8.85. The van der Waals surface area contributed by atoms with Crippen molar-refractivity contribution in [2.45, 2.75) is 45.1 Å². The van der Waals surface area contributed by atoms with Gasteiger partial charge in [-0.25, -0.2) is 9.37 Å². The molecule has 0 fully saturated rings. The standard InChI is InChI=1S/C24H24F4N4O4/c1-14-11-30(13-29-14)18-5-6-19-22(34)31(8-9-32(19)21(18)33)15(2)12-36-20-7-4-16(25)10-17(20)23(3,35)24(26,27)28/h4-7,10-11,13,15,35H,8-9,12H2,1-3H3/t15-,23?/m0/s1. The predicted molar refractivity (Wildman–Crippen MR) is 121 cm³/mol. The van der Waals surface area contributed by atoms with Crippen LogP contribution < -0.4 is 10.3 Å². The van der Waals surface area contributed by atoms with Crippen molar-refractivity contribution in [2.24, 2.45) is 0 Å². The normalized spacial score (nSPS) is 16.4. The van der Waals surface area contributed by atoms with Crippen LogP contribution in [0.5, 0.6) is 5.75 Å². The summed E-state index contributed by atoms with van der Waals surface area (Å²) in [6.07, 6.45) is -1.87. The molecule has 8 nitrogen and oxygen atoms in total. The molecule has 3 aromatic rings. The Hall–Kier alpha value is -3.67. The Morgan fingerprint density at radius 2 is 1.89 bits per heavy atom. The highest BCUT2D eigenvalue weighted by molar-refractivity contribution is 5.93. The lowest BCUT2D eigenvalue weighted by atomic mass is 9.94. The minimum absolute atomic E-state index is 0.166. The number of pyridine rings is 1. The molecule has 12 heteroatoms. The van der Waals surface area contributed by atoms with Gasteiger partial charge in [0.25, 0.3) is 11.5 Å². The number of aliphatic hydroxyl groups is 1. The van der Waals surface area contributed by atoms with Crippen LogP contribution >= 0.6 is 0 Å². The Morgan fingerprint density at radius 3 is 2.53 bits per heavy atom. The van der Waals surface area contributed by atoms with Gasteiger partial charge in [0, 0.05) is 24.8 Å². The van der Waals surface area contributed by atoms with Crippen molar-refractivity contribution in [1.29, 1.82) is 0 Å². The molecule has 1 aliphatic heterocycles. The summed E-state index contributed by atoms with van der Waals surface area (Å²) in [5.41, 5.74) is -3.23. The predicted octanol–water partition coefficient (Wildman–Crippen LogP) is 3.17. The minimum atomic E-state index is -5.07. The van der Waals surface area contributed by atoms with Crippen LogP contribution in [0.1, 0.15) is 35.6 Å². The third-order valence-corrected chi connectivity index (χ3v) is 6.22. The molecule has 0 spiro atoms. The Kier molecular flexibility index (Phi) is 6.41. The van der Waals surface area contributed by atoms with E-state index in [0.717, 1.165) is 17.8 Å². The van der Waals surface area contributed by atoms with Crippen LogP contribution in [0.4, 0.5) is 17.6 Å². The number of hydrogen-bond acceptors (Lipinski definition) is 5. The maximum Gasteiger partial charge on any atom is 0.421 e. The first-order chi connectivity index (χ1) is 16.8. The second kappa shape index (κ2) is 9.08. The average Bonchev–Trinajstić information content (AvgIpc) is 3.24. The van der Waals surface area contributed by atoms with Crippen molar-refractivity contribution in [3.63, 3.8) is 0 Å². The van der Waals surface area contributed by atoms with Crippen LogP contribution in [0.3, 0.4) is 0 Å². The van der Waals surface area contributed by atoms with Crippen LogP contribution in [0, 0.1) is 12.7 Å². The van der Waals surface area contributed by atoms with E-state index in [1.54, 1.807) is 24.6 Å². The van der Waals surface area contributed by atoms with Gasteiger partial charge in [0.05, 0.1) is 18.1 Å². The molecule has 3 heterocycles. The van der Waals surface area contributed by atoms with E-state index in [4.69, 9.17) is 4.74 Å². The highest BCUT2D eigenvalue weighted by Crippen LogP contribution is 2.42. The summed E-state index contributed by atoms with van der Waals surface area (Å²) in [7, 11) is 0. The highest BCUT2D eigenvalue weighted by atomic mass is 19.4. The van der Waals surface area contributed by atoms with Gasteiger partial charge in [0.1, 0.15) is 29.6 Å². The van der Waals surface area contributed by atoms with Crippen molar-refractivity contribution in [3.8, 4) is 11.4 Å². The fraction of sp³-hybridized carbons (Fsp3) is 0.375. The van der Waals surface area contributed by atoms with Gasteiger partial charge >= 0.3 is 6.18 Å². The first kappa shape index (κ1) is 25.4. The molecule has 0 saturated heterocycles. The number of rotatable bonds is 6. The molecule has 2 aromatic heterocycles. The van der Waals surface area contributed by atoms with Crippen LogP contribution in [-0.4, -0.2) is 55.4 Å². The number of benzene rings is 1. The molecule has 1 unspecified atom stereocenters. The van der Waals surface area contributed by atoms with E-state index in [2.05, 4.69) is 4.98 Å². The summed E-state index contributed by atoms with van der Waals surface area (Å²) >= 11 is 0. The number of halogens is 4. The molecular formula is C24H24F4N4O4.